The molecule has 1 rings (SSSR count). The zero-order chi connectivity index (χ0) is 17.6. The van der Waals surface area contributed by atoms with Crippen molar-refractivity contribution in [2.24, 2.45) is 11.7 Å². The lowest BCUT2D eigenvalue weighted by Crippen LogP contribution is -2.52. The van der Waals surface area contributed by atoms with Gasteiger partial charge in [-0.25, -0.2) is 9.78 Å². The van der Waals surface area contributed by atoms with E-state index < -0.39 is 12.1 Å². The van der Waals surface area contributed by atoms with Crippen LogP contribution in [-0.2, 0) is 4.79 Å². The summed E-state index contributed by atoms with van der Waals surface area (Å²) in [6.07, 6.45) is 0. The maximum atomic E-state index is 12.1. The van der Waals surface area contributed by atoms with Crippen LogP contribution in [0.3, 0.4) is 0 Å². The molecular weight excluding hydrogens is 342 g/mol. The Morgan fingerprint density at radius 2 is 2.09 bits per heavy atom. The van der Waals surface area contributed by atoms with Crippen LogP contribution in [0.4, 0.5) is 4.79 Å². The van der Waals surface area contributed by atoms with E-state index in [0.29, 0.717) is 11.6 Å². The predicted octanol–water partition coefficient (Wildman–Crippen LogP) is 0.678. The van der Waals surface area contributed by atoms with E-state index in [2.05, 4.69) is 15.6 Å². The van der Waals surface area contributed by atoms with Crippen molar-refractivity contribution in [2.45, 2.75) is 19.9 Å². The number of thiazole rings is 1. The Hall–Kier alpha value is -1.87. The van der Waals surface area contributed by atoms with E-state index in [4.69, 9.17) is 17.3 Å². The molecule has 4 amide bonds. The summed E-state index contributed by atoms with van der Waals surface area (Å²) in [7, 11) is 1.60. The van der Waals surface area contributed by atoms with Gasteiger partial charge >= 0.3 is 6.03 Å². The minimum Gasteiger partial charge on any atom is -0.353 e. The first-order chi connectivity index (χ1) is 10.7. The Balaban J connectivity index is 2.47. The fourth-order valence-electron chi connectivity index (χ4n) is 1.76. The average Bonchev–Trinajstić information content (AvgIpc) is 2.89. The van der Waals surface area contributed by atoms with Gasteiger partial charge in [0.2, 0.25) is 5.91 Å². The maximum Gasteiger partial charge on any atom is 0.312 e. The minimum absolute atomic E-state index is 0.112. The van der Waals surface area contributed by atoms with E-state index in [1.165, 1.54) is 4.90 Å². The van der Waals surface area contributed by atoms with Gasteiger partial charge in [0.15, 0.2) is 5.01 Å². The standard InChI is InChI=1S/C13H20ClN5O3S/c1-7(2)9(18-13(15)22)10(20)16-4-5-19(3)12(21)11-17-8(14)6-23-11/h6-7,9H,4-5H2,1-3H3,(H,16,20)(H3,15,18,22)/t9-/m0/s1. The molecule has 8 nitrogen and oxygen atoms in total. The van der Waals surface area contributed by atoms with Gasteiger partial charge in [0.25, 0.3) is 5.91 Å². The van der Waals surface area contributed by atoms with Crippen LogP contribution in [0.2, 0.25) is 5.15 Å². The van der Waals surface area contributed by atoms with Crippen molar-refractivity contribution in [1.29, 1.82) is 0 Å². The fraction of sp³-hybridized carbons (Fsp3) is 0.538. The molecule has 4 N–H and O–H groups in total. The highest BCUT2D eigenvalue weighted by Crippen LogP contribution is 2.15. The number of halogens is 1. The highest BCUT2D eigenvalue weighted by molar-refractivity contribution is 7.12. The van der Waals surface area contributed by atoms with Crippen LogP contribution in [0.5, 0.6) is 0 Å². The lowest BCUT2D eigenvalue weighted by Gasteiger charge is -2.22. The van der Waals surface area contributed by atoms with Crippen molar-refractivity contribution in [3.63, 3.8) is 0 Å². The summed E-state index contributed by atoms with van der Waals surface area (Å²) >= 11 is 6.85. The van der Waals surface area contributed by atoms with Crippen molar-refractivity contribution >= 4 is 40.8 Å². The molecule has 0 aromatic carbocycles. The van der Waals surface area contributed by atoms with E-state index in [9.17, 15) is 14.4 Å². The molecule has 128 valence electrons. The van der Waals surface area contributed by atoms with Gasteiger partial charge in [-0.15, -0.1) is 11.3 Å². The monoisotopic (exact) mass is 361 g/mol. The van der Waals surface area contributed by atoms with Crippen LogP contribution in [0, 0.1) is 5.92 Å². The van der Waals surface area contributed by atoms with E-state index in [-0.39, 0.29) is 29.4 Å². The summed E-state index contributed by atoms with van der Waals surface area (Å²) in [6, 6.07) is -1.47. The summed E-state index contributed by atoms with van der Waals surface area (Å²) in [5.74, 6) is -0.733. The number of aromatic nitrogens is 1. The molecule has 10 heteroatoms. The summed E-state index contributed by atoms with van der Waals surface area (Å²) in [4.78, 5) is 40.3. The Bertz CT molecular complexity index is 578. The van der Waals surface area contributed by atoms with E-state index in [0.717, 1.165) is 11.3 Å². The van der Waals surface area contributed by atoms with Crippen molar-refractivity contribution in [3.8, 4) is 0 Å². The first kappa shape index (κ1) is 19.2. The number of hydrogen-bond donors (Lipinski definition) is 3. The van der Waals surface area contributed by atoms with Crippen LogP contribution in [0.1, 0.15) is 23.6 Å². The summed E-state index contributed by atoms with van der Waals surface area (Å²) in [5.41, 5.74) is 5.05. The number of urea groups is 1. The minimum atomic E-state index is -0.758. The molecule has 0 aliphatic rings. The van der Waals surface area contributed by atoms with Crippen molar-refractivity contribution in [1.82, 2.24) is 20.5 Å². The molecule has 0 aliphatic heterocycles. The number of primary amides is 1. The maximum absolute atomic E-state index is 12.1. The smallest absolute Gasteiger partial charge is 0.312 e. The van der Waals surface area contributed by atoms with E-state index in [1.54, 1.807) is 26.3 Å². The lowest BCUT2D eigenvalue weighted by molar-refractivity contribution is -0.123. The highest BCUT2D eigenvalue weighted by Gasteiger charge is 2.23. The molecule has 0 radical (unpaired) electrons. The third-order valence-corrected chi connectivity index (χ3v) is 4.15. The third-order valence-electron chi connectivity index (χ3n) is 3.00. The van der Waals surface area contributed by atoms with Gasteiger partial charge in [0.05, 0.1) is 0 Å². The molecule has 0 aliphatic carbocycles. The topological polar surface area (TPSA) is 117 Å². The molecule has 0 saturated heterocycles. The van der Waals surface area contributed by atoms with Gasteiger partial charge in [-0.05, 0) is 5.92 Å². The lowest BCUT2D eigenvalue weighted by atomic mass is 10.0. The third kappa shape index (κ3) is 6.03. The molecule has 1 aromatic rings. The number of carbonyl (C=O) groups excluding carboxylic acids is 3. The first-order valence-electron chi connectivity index (χ1n) is 6.92. The normalized spacial score (nSPS) is 11.9. The summed E-state index contributed by atoms with van der Waals surface area (Å²) in [5, 5.41) is 7.20. The Kier molecular flexibility index (Phi) is 7.24. The van der Waals surface area contributed by atoms with Crippen molar-refractivity contribution < 1.29 is 14.4 Å². The van der Waals surface area contributed by atoms with E-state index >= 15 is 0 Å². The molecule has 0 unspecified atom stereocenters. The second kappa shape index (κ2) is 8.68. The molecule has 1 aromatic heterocycles. The van der Waals surface area contributed by atoms with Crippen LogP contribution in [0.25, 0.3) is 0 Å². The SMILES string of the molecule is CC(C)[C@H](NC(N)=O)C(=O)NCCN(C)C(=O)c1nc(Cl)cs1. The quantitative estimate of drug-likeness (QED) is 0.661. The number of amides is 4. The number of likely N-dealkylation sites (N-methyl/N-ethyl adjacent to an activating group) is 1. The molecule has 1 heterocycles. The predicted molar refractivity (Wildman–Crippen MR) is 88.4 cm³/mol. The summed E-state index contributed by atoms with van der Waals surface area (Å²) < 4.78 is 0. The van der Waals surface area contributed by atoms with Gasteiger partial charge in [-0.2, -0.15) is 0 Å². The van der Waals surface area contributed by atoms with Gasteiger partial charge in [0.1, 0.15) is 11.2 Å². The van der Waals surface area contributed by atoms with Crippen LogP contribution < -0.4 is 16.4 Å². The van der Waals surface area contributed by atoms with Gasteiger partial charge in [0, 0.05) is 25.5 Å². The number of rotatable bonds is 7. The zero-order valence-corrected chi connectivity index (χ0v) is 14.7. The van der Waals surface area contributed by atoms with E-state index in [1.807, 2.05) is 0 Å². The number of nitrogens with one attached hydrogen (secondary N) is 2. The Morgan fingerprint density at radius 1 is 1.43 bits per heavy atom. The largest absolute Gasteiger partial charge is 0.353 e. The first-order valence-corrected chi connectivity index (χ1v) is 8.18. The number of hydrogen-bond acceptors (Lipinski definition) is 5. The molecule has 23 heavy (non-hydrogen) atoms. The summed E-state index contributed by atoms with van der Waals surface area (Å²) in [6.45, 7) is 4.12. The zero-order valence-electron chi connectivity index (χ0n) is 13.1. The Morgan fingerprint density at radius 3 is 2.57 bits per heavy atom. The van der Waals surface area contributed by atoms with Gasteiger partial charge < -0.3 is 21.3 Å². The number of nitrogens with zero attached hydrogens (tertiary/aromatic N) is 2. The molecule has 0 fully saturated rings. The number of nitrogens with two attached hydrogens (primary N) is 1. The van der Waals surface area contributed by atoms with Crippen LogP contribution in [-0.4, -0.2) is 53.9 Å². The van der Waals surface area contributed by atoms with Gasteiger partial charge in [-0.1, -0.05) is 25.4 Å². The fourth-order valence-corrected chi connectivity index (χ4v) is 2.70. The van der Waals surface area contributed by atoms with Crippen LogP contribution >= 0.6 is 22.9 Å². The average molecular weight is 362 g/mol. The highest BCUT2D eigenvalue weighted by atomic mass is 35.5. The van der Waals surface area contributed by atoms with Crippen molar-refractivity contribution in [3.05, 3.63) is 15.5 Å². The van der Waals surface area contributed by atoms with Crippen molar-refractivity contribution in [2.75, 3.05) is 20.1 Å². The second-order valence-electron chi connectivity index (χ2n) is 5.22. The molecule has 0 saturated carbocycles. The number of carbonyl (C=O) groups is 3. The molecule has 0 spiro atoms. The molecule has 1 atom stereocenters. The second-order valence-corrected chi connectivity index (χ2v) is 6.47. The Labute approximate surface area is 143 Å². The molecular formula is C13H20ClN5O3S. The molecule has 0 bridgehead atoms. The van der Waals surface area contributed by atoms with Crippen LogP contribution in [0.15, 0.2) is 5.38 Å². The van der Waals surface area contributed by atoms with Gasteiger partial charge in [-0.3, -0.25) is 9.59 Å².